The van der Waals surface area contributed by atoms with Crippen LogP contribution in [-0.2, 0) is 4.79 Å². The molecule has 0 saturated carbocycles. The van der Waals surface area contributed by atoms with Gasteiger partial charge in [-0.05, 0) is 6.07 Å². The molecule has 12 heavy (non-hydrogen) atoms. The molecule has 0 amide bonds. The lowest BCUT2D eigenvalue weighted by Gasteiger charge is -2.05. The second kappa shape index (κ2) is 3.51. The van der Waals surface area contributed by atoms with Crippen molar-refractivity contribution in [3.8, 4) is 0 Å². The van der Waals surface area contributed by atoms with Gasteiger partial charge < -0.3 is 15.6 Å². The second-order valence-electron chi connectivity index (χ2n) is 2.21. The fraction of sp³-hybridized carbons (Fsp3) is 0.143. The molecule has 0 radical (unpaired) electrons. The number of nitrogen functional groups attached to an aromatic ring is 1. The number of nitrogens with two attached hydrogens (primary N) is 1. The van der Waals surface area contributed by atoms with E-state index < -0.39 is 6.10 Å². The Morgan fingerprint density at radius 3 is 3.00 bits per heavy atom. The minimum atomic E-state index is -1.25. The fourth-order valence-corrected chi connectivity index (χ4v) is 0.942. The Kier molecular flexibility index (Phi) is 2.62. The number of anilines is 1. The van der Waals surface area contributed by atoms with Gasteiger partial charge in [0.2, 0.25) is 0 Å². The second-order valence-corrected chi connectivity index (χ2v) is 2.65. The summed E-state index contributed by atoms with van der Waals surface area (Å²) in [7, 11) is 0. The number of hydrogen-bond donors (Lipinski definition) is 2. The number of halogens is 1. The highest BCUT2D eigenvalue weighted by Crippen LogP contribution is 2.20. The zero-order chi connectivity index (χ0) is 9.14. The molecule has 3 N–H and O–H groups in total. The maximum atomic E-state index is 10.2. The van der Waals surface area contributed by atoms with Crippen molar-refractivity contribution in [1.82, 2.24) is 4.98 Å². The number of carbonyl (C=O) groups is 1. The zero-order valence-corrected chi connectivity index (χ0v) is 6.82. The van der Waals surface area contributed by atoms with Crippen LogP contribution in [0.25, 0.3) is 0 Å². The van der Waals surface area contributed by atoms with Gasteiger partial charge in [0.1, 0.15) is 11.9 Å². The summed E-state index contributed by atoms with van der Waals surface area (Å²) in [4.78, 5) is 13.9. The number of carbonyl (C=O) groups excluding carboxylic acids is 1. The molecule has 5 heteroatoms. The van der Waals surface area contributed by atoms with Crippen LogP contribution < -0.4 is 5.73 Å². The van der Waals surface area contributed by atoms with Gasteiger partial charge in [-0.3, -0.25) is 0 Å². The molecule has 1 heterocycles. The molecule has 64 valence electrons. The first-order chi connectivity index (χ1) is 5.65. The summed E-state index contributed by atoms with van der Waals surface area (Å²) >= 11 is 5.57. The van der Waals surface area contributed by atoms with E-state index in [0.29, 0.717) is 11.3 Å². The highest BCUT2D eigenvalue weighted by atomic mass is 35.5. The smallest absolute Gasteiger partial charge is 0.153 e. The molecule has 1 atom stereocenters. The molecule has 0 aromatic carbocycles. The van der Waals surface area contributed by atoms with Gasteiger partial charge in [-0.15, -0.1) is 0 Å². The SMILES string of the molecule is Nc1ncc(Cl)cc1C(O)C=O. The van der Waals surface area contributed by atoms with E-state index in [9.17, 15) is 4.79 Å². The number of nitrogens with zero attached hydrogens (tertiary/aromatic N) is 1. The molecule has 0 aliphatic carbocycles. The van der Waals surface area contributed by atoms with Gasteiger partial charge in [0.05, 0.1) is 5.02 Å². The summed E-state index contributed by atoms with van der Waals surface area (Å²) < 4.78 is 0. The number of aldehydes is 1. The van der Waals surface area contributed by atoms with Crippen molar-refractivity contribution in [2.45, 2.75) is 6.10 Å². The van der Waals surface area contributed by atoms with Crippen LogP contribution in [0.15, 0.2) is 12.3 Å². The van der Waals surface area contributed by atoms with Crippen LogP contribution in [0.5, 0.6) is 0 Å². The Hall–Kier alpha value is -1.13. The van der Waals surface area contributed by atoms with E-state index in [4.69, 9.17) is 22.4 Å². The quantitative estimate of drug-likeness (QED) is 0.662. The number of aliphatic hydroxyl groups is 1. The van der Waals surface area contributed by atoms with Gasteiger partial charge in [-0.2, -0.15) is 0 Å². The largest absolute Gasteiger partial charge is 0.383 e. The Balaban J connectivity index is 3.12. The van der Waals surface area contributed by atoms with E-state index in [2.05, 4.69) is 4.98 Å². The third kappa shape index (κ3) is 1.72. The van der Waals surface area contributed by atoms with E-state index in [-0.39, 0.29) is 11.4 Å². The zero-order valence-electron chi connectivity index (χ0n) is 6.07. The van der Waals surface area contributed by atoms with Crippen LogP contribution in [0.4, 0.5) is 5.82 Å². The molecular weight excluding hydrogens is 180 g/mol. The minimum Gasteiger partial charge on any atom is -0.383 e. The van der Waals surface area contributed by atoms with E-state index in [1.807, 2.05) is 0 Å². The number of pyridine rings is 1. The first-order valence-electron chi connectivity index (χ1n) is 3.19. The minimum absolute atomic E-state index is 0.110. The van der Waals surface area contributed by atoms with E-state index in [1.54, 1.807) is 0 Å². The monoisotopic (exact) mass is 186 g/mol. The maximum absolute atomic E-state index is 10.2. The Morgan fingerprint density at radius 1 is 1.75 bits per heavy atom. The number of hydrogen-bond acceptors (Lipinski definition) is 4. The molecule has 0 spiro atoms. The van der Waals surface area contributed by atoms with E-state index in [1.165, 1.54) is 12.3 Å². The molecule has 1 unspecified atom stereocenters. The predicted octanol–water partition coefficient (Wildman–Crippen LogP) is 0.549. The summed E-state index contributed by atoms with van der Waals surface area (Å²) in [5.41, 5.74) is 5.61. The van der Waals surface area contributed by atoms with Crippen molar-refractivity contribution in [3.05, 3.63) is 22.8 Å². The lowest BCUT2D eigenvalue weighted by Crippen LogP contribution is -2.04. The number of aliphatic hydroxyl groups excluding tert-OH is 1. The van der Waals surface area contributed by atoms with Crippen LogP contribution in [0.3, 0.4) is 0 Å². The van der Waals surface area contributed by atoms with Crippen molar-refractivity contribution in [3.63, 3.8) is 0 Å². The molecule has 0 bridgehead atoms. The lowest BCUT2D eigenvalue weighted by atomic mass is 10.1. The van der Waals surface area contributed by atoms with Crippen LogP contribution >= 0.6 is 11.6 Å². The topological polar surface area (TPSA) is 76.2 Å². The average Bonchev–Trinajstić information content (AvgIpc) is 2.08. The lowest BCUT2D eigenvalue weighted by molar-refractivity contribution is -0.115. The van der Waals surface area contributed by atoms with Gasteiger partial charge in [0.25, 0.3) is 0 Å². The number of aromatic nitrogens is 1. The van der Waals surface area contributed by atoms with Crippen molar-refractivity contribution in [2.24, 2.45) is 0 Å². The highest BCUT2D eigenvalue weighted by Gasteiger charge is 2.10. The molecular formula is C7H7ClN2O2. The summed E-state index contributed by atoms with van der Waals surface area (Å²) in [6.45, 7) is 0. The summed E-state index contributed by atoms with van der Waals surface area (Å²) in [6.07, 6.45) is 0.456. The summed E-state index contributed by atoms with van der Waals surface area (Å²) in [6, 6.07) is 1.41. The Labute approximate surface area is 74.0 Å². The molecule has 1 rings (SSSR count). The van der Waals surface area contributed by atoms with Gasteiger partial charge >= 0.3 is 0 Å². The average molecular weight is 187 g/mol. The van der Waals surface area contributed by atoms with Crippen LogP contribution in [-0.4, -0.2) is 16.4 Å². The van der Waals surface area contributed by atoms with Crippen LogP contribution in [0.1, 0.15) is 11.7 Å². The number of rotatable bonds is 2. The van der Waals surface area contributed by atoms with E-state index >= 15 is 0 Å². The van der Waals surface area contributed by atoms with Gasteiger partial charge in [0, 0.05) is 11.8 Å². The van der Waals surface area contributed by atoms with Gasteiger partial charge in [-0.1, -0.05) is 11.6 Å². The first-order valence-corrected chi connectivity index (χ1v) is 3.57. The molecule has 0 fully saturated rings. The summed E-state index contributed by atoms with van der Waals surface area (Å²) in [5.74, 6) is 0.110. The van der Waals surface area contributed by atoms with Crippen molar-refractivity contribution in [2.75, 3.05) is 5.73 Å². The predicted molar refractivity (Wildman–Crippen MR) is 44.7 cm³/mol. The standard InChI is InChI=1S/C7H7ClN2O2/c8-4-1-5(6(12)3-11)7(9)10-2-4/h1-3,6,12H,(H2,9,10). The third-order valence-corrected chi connectivity index (χ3v) is 1.57. The Morgan fingerprint density at radius 2 is 2.42 bits per heavy atom. The molecule has 1 aromatic heterocycles. The molecule has 1 aromatic rings. The highest BCUT2D eigenvalue weighted by molar-refractivity contribution is 6.30. The molecule has 0 saturated heterocycles. The first kappa shape index (κ1) is 8.96. The van der Waals surface area contributed by atoms with Crippen LogP contribution in [0, 0.1) is 0 Å². The van der Waals surface area contributed by atoms with Crippen molar-refractivity contribution >= 4 is 23.7 Å². The third-order valence-electron chi connectivity index (χ3n) is 1.36. The fourth-order valence-electron chi connectivity index (χ4n) is 0.776. The molecule has 0 aliphatic rings. The van der Waals surface area contributed by atoms with Gasteiger partial charge in [0.15, 0.2) is 6.29 Å². The molecule has 0 aliphatic heterocycles. The molecule has 4 nitrogen and oxygen atoms in total. The Bertz CT molecular complexity index is 303. The van der Waals surface area contributed by atoms with Crippen LogP contribution in [0.2, 0.25) is 5.02 Å². The maximum Gasteiger partial charge on any atom is 0.153 e. The summed E-state index contributed by atoms with van der Waals surface area (Å²) in [5, 5.41) is 9.42. The van der Waals surface area contributed by atoms with Gasteiger partial charge in [-0.25, -0.2) is 4.98 Å². The normalized spacial score (nSPS) is 12.5. The van der Waals surface area contributed by atoms with Crippen molar-refractivity contribution < 1.29 is 9.90 Å². The van der Waals surface area contributed by atoms with E-state index in [0.717, 1.165) is 0 Å². The van der Waals surface area contributed by atoms with Crippen molar-refractivity contribution in [1.29, 1.82) is 0 Å².